The fraction of sp³-hybridized carbons (Fsp3) is 0.304. The summed E-state index contributed by atoms with van der Waals surface area (Å²) in [5.41, 5.74) is 3.71. The van der Waals surface area contributed by atoms with E-state index >= 15 is 0 Å². The van der Waals surface area contributed by atoms with Gasteiger partial charge < -0.3 is 14.9 Å². The van der Waals surface area contributed by atoms with Gasteiger partial charge in [-0.15, -0.1) is 0 Å². The number of rotatable bonds is 3. The number of piperazine rings is 1. The first kappa shape index (κ1) is 16.9. The van der Waals surface area contributed by atoms with Gasteiger partial charge in [-0.2, -0.15) is 0 Å². The van der Waals surface area contributed by atoms with Gasteiger partial charge in [-0.1, -0.05) is 42.5 Å². The minimum Gasteiger partial charge on any atom is -0.507 e. The Morgan fingerprint density at radius 1 is 1.08 bits per heavy atom. The number of hydrogen-bond acceptors (Lipinski definition) is 2. The average Bonchev–Trinajstić information content (AvgIpc) is 2.64. The van der Waals surface area contributed by atoms with Crippen molar-refractivity contribution in [3.05, 3.63) is 71.8 Å². The summed E-state index contributed by atoms with van der Waals surface area (Å²) in [6, 6.07) is 21.5. The first-order valence-corrected chi connectivity index (χ1v) is 9.48. The minimum absolute atomic E-state index is 0.421. The Bertz CT molecular complexity index is 921. The zero-order valence-electron chi connectivity index (χ0n) is 15.6. The molecule has 0 aliphatic carbocycles. The molecule has 1 fully saturated rings. The highest BCUT2D eigenvalue weighted by atomic mass is 16.3. The van der Waals surface area contributed by atoms with Crippen molar-refractivity contribution in [3.63, 3.8) is 0 Å². The van der Waals surface area contributed by atoms with Crippen LogP contribution >= 0.6 is 0 Å². The molecule has 26 heavy (non-hydrogen) atoms. The predicted octanol–water partition coefficient (Wildman–Crippen LogP) is 3.15. The van der Waals surface area contributed by atoms with Crippen LogP contribution in [0.25, 0.3) is 10.8 Å². The van der Waals surface area contributed by atoms with Crippen molar-refractivity contribution < 1.29 is 10.0 Å². The molecule has 3 aromatic carbocycles. The molecule has 0 amide bonds. The quantitative estimate of drug-likeness (QED) is 0.762. The molecule has 1 aliphatic rings. The lowest BCUT2D eigenvalue weighted by atomic mass is 10.0. The van der Waals surface area contributed by atoms with Crippen molar-refractivity contribution in [1.29, 1.82) is 0 Å². The van der Waals surface area contributed by atoms with E-state index in [1.807, 2.05) is 12.1 Å². The van der Waals surface area contributed by atoms with Gasteiger partial charge in [0.05, 0.1) is 31.2 Å². The third-order valence-electron chi connectivity index (χ3n) is 5.60. The summed E-state index contributed by atoms with van der Waals surface area (Å²) >= 11 is 0. The number of anilines is 1. The number of fused-ring (bicyclic) bond motifs is 1. The van der Waals surface area contributed by atoms with Crippen molar-refractivity contribution in [2.75, 3.05) is 24.5 Å². The molecule has 1 heterocycles. The van der Waals surface area contributed by atoms with Gasteiger partial charge in [0.1, 0.15) is 12.3 Å². The fourth-order valence-electron chi connectivity index (χ4n) is 4.24. The van der Waals surface area contributed by atoms with E-state index in [1.165, 1.54) is 26.9 Å². The van der Waals surface area contributed by atoms with Gasteiger partial charge in [0.25, 0.3) is 0 Å². The van der Waals surface area contributed by atoms with Crippen molar-refractivity contribution in [2.45, 2.75) is 26.4 Å². The highest BCUT2D eigenvalue weighted by Crippen LogP contribution is 2.26. The van der Waals surface area contributed by atoms with E-state index in [0.29, 0.717) is 11.8 Å². The van der Waals surface area contributed by atoms with E-state index in [0.717, 1.165) is 31.7 Å². The SMILES string of the molecule is Cc1cccc(N2CC[NH+](Cc3c(O)ccc4ccccc34)C[C@H]2C)c1. The monoisotopic (exact) mass is 347 g/mol. The molecule has 1 saturated heterocycles. The number of hydrogen-bond donors (Lipinski definition) is 2. The largest absolute Gasteiger partial charge is 0.507 e. The van der Waals surface area contributed by atoms with Crippen LogP contribution < -0.4 is 9.80 Å². The molecule has 3 heteroatoms. The lowest BCUT2D eigenvalue weighted by Gasteiger charge is -2.39. The lowest BCUT2D eigenvalue weighted by Crippen LogP contribution is -3.14. The summed E-state index contributed by atoms with van der Waals surface area (Å²) in [6.45, 7) is 8.55. The molecule has 0 spiro atoms. The molecule has 0 saturated carbocycles. The summed E-state index contributed by atoms with van der Waals surface area (Å²) in [6.07, 6.45) is 0. The topological polar surface area (TPSA) is 27.9 Å². The molecule has 2 atom stereocenters. The Morgan fingerprint density at radius 2 is 1.92 bits per heavy atom. The molecular weight excluding hydrogens is 320 g/mol. The van der Waals surface area contributed by atoms with Gasteiger partial charge in [-0.05, 0) is 48.4 Å². The summed E-state index contributed by atoms with van der Waals surface area (Å²) in [7, 11) is 0. The lowest BCUT2D eigenvalue weighted by molar-refractivity contribution is -0.916. The van der Waals surface area contributed by atoms with Crippen molar-refractivity contribution in [3.8, 4) is 5.75 Å². The Labute approximate surface area is 155 Å². The normalized spacial score (nSPS) is 20.5. The molecule has 4 rings (SSSR count). The number of benzene rings is 3. The van der Waals surface area contributed by atoms with Gasteiger partial charge in [-0.3, -0.25) is 0 Å². The van der Waals surface area contributed by atoms with E-state index in [2.05, 4.69) is 67.3 Å². The standard InChI is InChI=1S/C23H26N2O/c1-17-6-5-8-20(14-17)25-13-12-24(15-18(25)2)16-22-21-9-4-3-7-19(21)10-11-23(22)26/h3-11,14,18,26H,12-13,15-16H2,1-2H3/p+1/t18-/m1/s1. The molecule has 1 aliphatic heterocycles. The number of quaternary nitrogens is 1. The van der Waals surface area contributed by atoms with Gasteiger partial charge >= 0.3 is 0 Å². The maximum atomic E-state index is 10.4. The van der Waals surface area contributed by atoms with E-state index in [9.17, 15) is 5.11 Å². The maximum absolute atomic E-state index is 10.4. The smallest absolute Gasteiger partial charge is 0.125 e. The summed E-state index contributed by atoms with van der Waals surface area (Å²) in [5.74, 6) is 0.421. The number of aryl methyl sites for hydroxylation is 1. The van der Waals surface area contributed by atoms with E-state index in [1.54, 1.807) is 0 Å². The van der Waals surface area contributed by atoms with Crippen LogP contribution in [0.2, 0.25) is 0 Å². The zero-order chi connectivity index (χ0) is 18.1. The van der Waals surface area contributed by atoms with Crippen LogP contribution in [-0.2, 0) is 6.54 Å². The molecule has 3 nitrogen and oxygen atoms in total. The highest BCUT2D eigenvalue weighted by molar-refractivity contribution is 5.87. The molecule has 1 unspecified atom stereocenters. The summed E-state index contributed by atoms with van der Waals surface area (Å²) < 4.78 is 0. The van der Waals surface area contributed by atoms with Crippen LogP contribution in [0.4, 0.5) is 5.69 Å². The molecule has 0 aromatic heterocycles. The number of nitrogens with one attached hydrogen (secondary N) is 1. The molecule has 2 N–H and O–H groups in total. The van der Waals surface area contributed by atoms with Gasteiger partial charge in [0.15, 0.2) is 0 Å². The number of nitrogens with zero attached hydrogens (tertiary/aromatic N) is 1. The third kappa shape index (κ3) is 3.27. The first-order chi connectivity index (χ1) is 12.6. The second-order valence-electron chi connectivity index (χ2n) is 7.55. The van der Waals surface area contributed by atoms with Crippen LogP contribution in [0.1, 0.15) is 18.1 Å². The number of phenols is 1. The van der Waals surface area contributed by atoms with Crippen LogP contribution in [0.5, 0.6) is 5.75 Å². The zero-order valence-corrected chi connectivity index (χ0v) is 15.6. The Morgan fingerprint density at radius 3 is 2.73 bits per heavy atom. The Kier molecular flexibility index (Phi) is 4.56. The first-order valence-electron chi connectivity index (χ1n) is 9.48. The molecule has 0 radical (unpaired) electrons. The molecule has 3 aromatic rings. The average molecular weight is 347 g/mol. The molecule has 134 valence electrons. The third-order valence-corrected chi connectivity index (χ3v) is 5.60. The van der Waals surface area contributed by atoms with Gasteiger partial charge in [-0.25, -0.2) is 0 Å². The fourth-order valence-corrected chi connectivity index (χ4v) is 4.24. The van der Waals surface area contributed by atoms with E-state index in [4.69, 9.17) is 0 Å². The summed E-state index contributed by atoms with van der Waals surface area (Å²) in [5, 5.41) is 12.8. The van der Waals surface area contributed by atoms with Gasteiger partial charge in [0, 0.05) is 5.69 Å². The van der Waals surface area contributed by atoms with Crippen LogP contribution in [0, 0.1) is 6.92 Å². The van der Waals surface area contributed by atoms with Gasteiger partial charge in [0.2, 0.25) is 0 Å². The molecule has 0 bridgehead atoms. The van der Waals surface area contributed by atoms with Crippen LogP contribution in [0.3, 0.4) is 0 Å². The number of aromatic hydroxyl groups is 1. The Balaban J connectivity index is 1.53. The van der Waals surface area contributed by atoms with Crippen molar-refractivity contribution in [1.82, 2.24) is 0 Å². The van der Waals surface area contributed by atoms with Crippen molar-refractivity contribution in [2.24, 2.45) is 0 Å². The van der Waals surface area contributed by atoms with E-state index in [-0.39, 0.29) is 0 Å². The highest BCUT2D eigenvalue weighted by Gasteiger charge is 2.28. The second kappa shape index (κ2) is 7.00. The number of phenolic OH excluding ortho intramolecular Hbond substituents is 1. The second-order valence-corrected chi connectivity index (χ2v) is 7.55. The van der Waals surface area contributed by atoms with Crippen molar-refractivity contribution >= 4 is 16.5 Å². The van der Waals surface area contributed by atoms with Crippen LogP contribution in [-0.4, -0.2) is 30.8 Å². The predicted molar refractivity (Wildman–Crippen MR) is 108 cm³/mol. The Hall–Kier alpha value is -2.52. The minimum atomic E-state index is 0.421. The van der Waals surface area contributed by atoms with Crippen LogP contribution in [0.15, 0.2) is 60.7 Å². The van der Waals surface area contributed by atoms with E-state index < -0.39 is 0 Å². The summed E-state index contributed by atoms with van der Waals surface area (Å²) in [4.78, 5) is 4.05. The maximum Gasteiger partial charge on any atom is 0.125 e. The molecular formula is C23H27N2O+.